The molecule has 0 aliphatic carbocycles. The molecule has 3 heterocycles. The van der Waals surface area contributed by atoms with Crippen LogP contribution in [0.3, 0.4) is 0 Å². The molecule has 1 amide bonds. The fourth-order valence-corrected chi connectivity index (χ4v) is 4.70. The summed E-state index contributed by atoms with van der Waals surface area (Å²) in [4.78, 5) is 19.7. The molecule has 1 fully saturated rings. The minimum absolute atomic E-state index is 0.133. The van der Waals surface area contributed by atoms with Gasteiger partial charge in [-0.2, -0.15) is 0 Å². The molecule has 1 atom stereocenters. The van der Waals surface area contributed by atoms with E-state index in [1.54, 1.807) is 22.7 Å². The fraction of sp³-hybridized carbons (Fsp3) is 0.304. The van der Waals surface area contributed by atoms with E-state index < -0.39 is 0 Å². The van der Waals surface area contributed by atoms with Gasteiger partial charge in [0, 0.05) is 12.4 Å². The Morgan fingerprint density at radius 2 is 2.00 bits per heavy atom. The summed E-state index contributed by atoms with van der Waals surface area (Å²) in [5.74, 6) is 2.05. The number of hydrogen-bond acceptors (Lipinski definition) is 6. The number of aryl methyl sites for hydroxylation is 1. The number of rotatable bonds is 4. The molecule has 6 nitrogen and oxygen atoms in total. The summed E-state index contributed by atoms with van der Waals surface area (Å²) in [6.07, 6.45) is 4.16. The van der Waals surface area contributed by atoms with E-state index >= 15 is 0 Å². The van der Waals surface area contributed by atoms with Gasteiger partial charge in [-0.15, -0.1) is 0 Å². The first kappa shape index (κ1) is 19.2. The van der Waals surface area contributed by atoms with Gasteiger partial charge in [0.1, 0.15) is 5.70 Å². The molecule has 0 spiro atoms. The maximum absolute atomic E-state index is 13.3. The zero-order valence-corrected chi connectivity index (χ0v) is 17.5. The zero-order chi connectivity index (χ0) is 20.5. The Morgan fingerprint density at radius 3 is 2.80 bits per heavy atom. The van der Waals surface area contributed by atoms with Crippen LogP contribution in [0.5, 0.6) is 11.5 Å². The highest BCUT2D eigenvalue weighted by molar-refractivity contribution is 8.14. The van der Waals surface area contributed by atoms with Crippen molar-refractivity contribution in [3.05, 3.63) is 59.3 Å². The Bertz CT molecular complexity index is 1030. The number of aliphatic imine (C=N–C) groups is 1. The number of fused-ring (bicyclic) bond motifs is 1. The zero-order valence-electron chi connectivity index (χ0n) is 16.7. The van der Waals surface area contributed by atoms with Crippen LogP contribution in [0.1, 0.15) is 24.0 Å². The lowest BCUT2D eigenvalue weighted by Crippen LogP contribution is -2.31. The molecule has 0 N–H and O–H groups in total. The van der Waals surface area contributed by atoms with E-state index in [1.807, 2.05) is 49.4 Å². The molecular weight excluding hydrogens is 400 g/mol. The smallest absolute Gasteiger partial charge is 0.283 e. The first-order valence-corrected chi connectivity index (χ1v) is 11.0. The third kappa shape index (κ3) is 3.82. The monoisotopic (exact) mass is 422 g/mol. The van der Waals surface area contributed by atoms with Gasteiger partial charge in [0.05, 0.1) is 11.8 Å². The molecule has 2 aromatic rings. The molecule has 3 aliphatic rings. The van der Waals surface area contributed by atoms with Crippen LogP contribution >= 0.6 is 11.8 Å². The Labute approximate surface area is 179 Å². The minimum atomic E-state index is -0.133. The molecule has 0 bridgehead atoms. The van der Waals surface area contributed by atoms with Crippen molar-refractivity contribution in [3.63, 3.8) is 0 Å². The van der Waals surface area contributed by atoms with Gasteiger partial charge >= 0.3 is 0 Å². The number of ether oxygens (including phenoxy) is 3. The molecule has 30 heavy (non-hydrogen) atoms. The first-order valence-electron chi connectivity index (χ1n) is 10.0. The maximum atomic E-state index is 13.3. The van der Waals surface area contributed by atoms with Gasteiger partial charge < -0.3 is 14.2 Å². The van der Waals surface area contributed by atoms with Crippen LogP contribution in [0.4, 0.5) is 5.69 Å². The number of benzene rings is 2. The molecule has 7 heteroatoms. The normalized spacial score (nSPS) is 21.6. The summed E-state index contributed by atoms with van der Waals surface area (Å²) in [6.45, 7) is 3.06. The average Bonchev–Trinajstić information content (AvgIpc) is 3.49. The number of carbonyl (C=O) groups is 1. The van der Waals surface area contributed by atoms with Crippen LogP contribution in [-0.4, -0.2) is 36.3 Å². The van der Waals surface area contributed by atoms with Crippen LogP contribution < -0.4 is 14.4 Å². The van der Waals surface area contributed by atoms with E-state index in [2.05, 4.69) is 4.99 Å². The van der Waals surface area contributed by atoms with E-state index in [1.165, 1.54) is 0 Å². The highest BCUT2D eigenvalue weighted by Gasteiger charge is 2.33. The molecule has 3 aliphatic heterocycles. The summed E-state index contributed by atoms with van der Waals surface area (Å²) in [5, 5.41) is 0.686. The molecular formula is C23H22N2O4S. The van der Waals surface area contributed by atoms with Crippen molar-refractivity contribution in [2.45, 2.75) is 25.9 Å². The largest absolute Gasteiger partial charge is 0.454 e. The quantitative estimate of drug-likeness (QED) is 0.685. The van der Waals surface area contributed by atoms with Gasteiger partial charge in [-0.25, -0.2) is 4.99 Å². The SMILES string of the molecule is Cc1ccc(N2C(=O)/C(=C\c3ccc4c(c3)OCO4)N=C2SCC2CCCO2)cc1. The summed E-state index contributed by atoms with van der Waals surface area (Å²) in [6, 6.07) is 13.5. The van der Waals surface area contributed by atoms with Gasteiger partial charge in [0.25, 0.3) is 5.91 Å². The lowest BCUT2D eigenvalue weighted by atomic mass is 10.1. The van der Waals surface area contributed by atoms with Crippen molar-refractivity contribution in [3.8, 4) is 11.5 Å². The second kappa shape index (κ2) is 8.16. The predicted octanol–water partition coefficient (Wildman–Crippen LogP) is 4.38. The van der Waals surface area contributed by atoms with Gasteiger partial charge in [-0.1, -0.05) is 35.5 Å². The minimum Gasteiger partial charge on any atom is -0.454 e. The van der Waals surface area contributed by atoms with Crippen molar-refractivity contribution >= 4 is 34.6 Å². The van der Waals surface area contributed by atoms with E-state index in [4.69, 9.17) is 14.2 Å². The molecule has 0 aromatic heterocycles. The number of nitrogens with zero attached hydrogens (tertiary/aromatic N) is 2. The molecule has 1 saturated heterocycles. The highest BCUT2D eigenvalue weighted by atomic mass is 32.2. The second-order valence-corrected chi connectivity index (χ2v) is 8.45. The van der Waals surface area contributed by atoms with Gasteiger partial charge in [0.15, 0.2) is 16.7 Å². The van der Waals surface area contributed by atoms with Crippen molar-refractivity contribution in [2.75, 3.05) is 24.1 Å². The molecule has 154 valence electrons. The van der Waals surface area contributed by atoms with Crippen molar-refractivity contribution in [1.29, 1.82) is 0 Å². The van der Waals surface area contributed by atoms with Crippen molar-refractivity contribution in [1.82, 2.24) is 0 Å². The molecule has 5 rings (SSSR count). The molecule has 1 unspecified atom stereocenters. The summed E-state index contributed by atoms with van der Waals surface area (Å²) < 4.78 is 16.6. The lowest BCUT2D eigenvalue weighted by Gasteiger charge is -2.19. The summed E-state index contributed by atoms with van der Waals surface area (Å²) in [5.41, 5.74) is 3.22. The van der Waals surface area contributed by atoms with E-state index in [0.29, 0.717) is 22.4 Å². The number of thioether (sulfide) groups is 1. The van der Waals surface area contributed by atoms with E-state index in [9.17, 15) is 4.79 Å². The van der Waals surface area contributed by atoms with Crippen molar-refractivity contribution < 1.29 is 19.0 Å². The lowest BCUT2D eigenvalue weighted by molar-refractivity contribution is -0.113. The Morgan fingerprint density at radius 1 is 1.17 bits per heavy atom. The van der Waals surface area contributed by atoms with Gasteiger partial charge in [-0.3, -0.25) is 9.69 Å². The van der Waals surface area contributed by atoms with Crippen LogP contribution in [0.15, 0.2) is 53.2 Å². The fourth-order valence-electron chi connectivity index (χ4n) is 3.62. The number of amides is 1. The van der Waals surface area contributed by atoms with Crippen LogP contribution in [0.25, 0.3) is 6.08 Å². The summed E-state index contributed by atoms with van der Waals surface area (Å²) >= 11 is 1.57. The number of hydrogen-bond donors (Lipinski definition) is 0. The Hall–Kier alpha value is -2.77. The van der Waals surface area contributed by atoms with E-state index in [-0.39, 0.29) is 18.8 Å². The maximum Gasteiger partial charge on any atom is 0.283 e. The topological polar surface area (TPSA) is 60.4 Å². The molecule has 0 radical (unpaired) electrons. The Balaban J connectivity index is 1.44. The average molecular weight is 423 g/mol. The van der Waals surface area contributed by atoms with Crippen LogP contribution in [-0.2, 0) is 9.53 Å². The van der Waals surface area contributed by atoms with Gasteiger partial charge in [-0.05, 0) is 55.7 Å². The number of amidine groups is 1. The third-order valence-electron chi connectivity index (χ3n) is 5.24. The Kier molecular flexibility index (Phi) is 5.23. The van der Waals surface area contributed by atoms with Crippen molar-refractivity contribution in [2.24, 2.45) is 4.99 Å². The number of carbonyl (C=O) groups excluding carboxylic acids is 1. The molecule has 2 aromatic carbocycles. The van der Waals surface area contributed by atoms with E-state index in [0.717, 1.165) is 42.0 Å². The predicted molar refractivity (Wildman–Crippen MR) is 118 cm³/mol. The third-order valence-corrected chi connectivity index (χ3v) is 6.31. The van der Waals surface area contributed by atoms with Crippen LogP contribution in [0, 0.1) is 6.92 Å². The second-order valence-electron chi connectivity index (χ2n) is 7.46. The van der Waals surface area contributed by atoms with Gasteiger partial charge in [0.2, 0.25) is 6.79 Å². The standard InChI is InChI=1S/C23H22N2O4S/c1-15-4-7-17(8-5-15)25-22(26)19(24-23(25)30-13-18-3-2-10-27-18)11-16-6-9-20-21(12-16)29-14-28-20/h4-9,11-12,18H,2-3,10,13-14H2,1H3/b19-11+. The highest BCUT2D eigenvalue weighted by Crippen LogP contribution is 2.35. The number of anilines is 1. The summed E-state index contributed by atoms with van der Waals surface area (Å²) in [7, 11) is 0. The first-order chi connectivity index (χ1) is 14.7. The molecule has 0 saturated carbocycles. The van der Waals surface area contributed by atoms with Crippen LogP contribution in [0.2, 0.25) is 0 Å².